The summed E-state index contributed by atoms with van der Waals surface area (Å²) in [5, 5.41) is 4.67. The first kappa shape index (κ1) is 27.5. The molecule has 0 bridgehead atoms. The normalized spacial score (nSPS) is 14.7. The fraction of sp³-hybridized carbons (Fsp3) is 0.333. The van der Waals surface area contributed by atoms with Gasteiger partial charge in [0.1, 0.15) is 6.04 Å². The Morgan fingerprint density at radius 1 is 0.811 bits per heavy atom. The van der Waals surface area contributed by atoms with Crippen LogP contribution in [-0.2, 0) is 29.0 Å². The molecule has 4 rings (SSSR count). The van der Waals surface area contributed by atoms with Crippen LogP contribution in [0, 0.1) is 0 Å². The Balaban J connectivity index is 1.67. The van der Waals surface area contributed by atoms with Gasteiger partial charge in [-0.05, 0) is 53.8 Å². The monoisotopic (exact) mass is 556 g/mol. The quantitative estimate of drug-likeness (QED) is 0.301. The molecule has 2 amide bonds. The number of amides is 2. The average Bonchev–Trinajstić information content (AvgIpc) is 2.89. The van der Waals surface area contributed by atoms with E-state index in [1.165, 1.54) is 6.42 Å². The van der Waals surface area contributed by atoms with Gasteiger partial charge in [0.05, 0.1) is 16.5 Å². The van der Waals surface area contributed by atoms with E-state index in [-0.39, 0.29) is 30.8 Å². The molecule has 7 heteroatoms. The van der Waals surface area contributed by atoms with Crippen molar-refractivity contribution in [1.82, 2.24) is 10.2 Å². The molecule has 0 aromatic heterocycles. The van der Waals surface area contributed by atoms with E-state index in [0.717, 1.165) is 42.4 Å². The molecule has 37 heavy (non-hydrogen) atoms. The van der Waals surface area contributed by atoms with E-state index >= 15 is 0 Å². The minimum Gasteiger partial charge on any atom is -0.352 e. The summed E-state index contributed by atoms with van der Waals surface area (Å²) in [6.45, 7) is 0.228. The van der Waals surface area contributed by atoms with Gasteiger partial charge in [-0.25, -0.2) is 0 Å². The van der Waals surface area contributed by atoms with Crippen molar-refractivity contribution in [2.45, 2.75) is 63.6 Å². The summed E-state index contributed by atoms with van der Waals surface area (Å²) in [4.78, 5) is 29.3. The first-order valence-electron chi connectivity index (χ1n) is 12.7. The van der Waals surface area contributed by atoms with Gasteiger partial charge in [0.2, 0.25) is 11.8 Å². The van der Waals surface area contributed by atoms with E-state index in [0.29, 0.717) is 21.5 Å². The van der Waals surface area contributed by atoms with Crippen molar-refractivity contribution in [3.63, 3.8) is 0 Å². The molecular formula is C30H31Cl3N2O2. The highest BCUT2D eigenvalue weighted by molar-refractivity contribution is 6.42. The summed E-state index contributed by atoms with van der Waals surface area (Å²) in [6.07, 6.45) is 5.87. The van der Waals surface area contributed by atoms with E-state index in [2.05, 4.69) is 5.32 Å². The molecule has 194 valence electrons. The Hall–Kier alpha value is -2.53. The molecule has 1 atom stereocenters. The van der Waals surface area contributed by atoms with Crippen LogP contribution in [0.2, 0.25) is 15.1 Å². The largest absolute Gasteiger partial charge is 0.352 e. The van der Waals surface area contributed by atoms with E-state index < -0.39 is 6.04 Å². The molecule has 1 saturated carbocycles. The second-order valence-electron chi connectivity index (χ2n) is 9.63. The fourth-order valence-electron chi connectivity index (χ4n) is 4.86. The third kappa shape index (κ3) is 7.98. The first-order chi connectivity index (χ1) is 17.9. The van der Waals surface area contributed by atoms with Crippen molar-refractivity contribution in [3.8, 4) is 0 Å². The van der Waals surface area contributed by atoms with Crippen LogP contribution in [0.5, 0.6) is 0 Å². The number of hydrogen-bond acceptors (Lipinski definition) is 2. The highest BCUT2D eigenvalue weighted by Gasteiger charge is 2.32. The van der Waals surface area contributed by atoms with Crippen molar-refractivity contribution in [2.24, 2.45) is 0 Å². The number of benzene rings is 3. The fourth-order valence-corrected chi connectivity index (χ4v) is 5.39. The molecular weight excluding hydrogens is 527 g/mol. The zero-order valence-corrected chi connectivity index (χ0v) is 22.9. The molecule has 1 N–H and O–H groups in total. The second-order valence-corrected chi connectivity index (χ2v) is 10.9. The Kier molecular flexibility index (Phi) is 9.90. The molecule has 1 fully saturated rings. The number of carbonyl (C=O) groups excluding carboxylic acids is 2. The molecule has 0 saturated heterocycles. The number of carbonyl (C=O) groups is 2. The van der Waals surface area contributed by atoms with Crippen molar-refractivity contribution < 1.29 is 9.59 Å². The maximum Gasteiger partial charge on any atom is 0.243 e. The Morgan fingerprint density at radius 3 is 2.24 bits per heavy atom. The molecule has 0 unspecified atom stereocenters. The van der Waals surface area contributed by atoms with Gasteiger partial charge in [0, 0.05) is 24.0 Å². The summed E-state index contributed by atoms with van der Waals surface area (Å²) < 4.78 is 0. The molecule has 4 nitrogen and oxygen atoms in total. The maximum absolute atomic E-state index is 13.9. The minimum atomic E-state index is -0.689. The minimum absolute atomic E-state index is 0.129. The lowest BCUT2D eigenvalue weighted by molar-refractivity contribution is -0.141. The van der Waals surface area contributed by atoms with Crippen molar-refractivity contribution in [3.05, 3.63) is 105 Å². The second kappa shape index (κ2) is 13.3. The van der Waals surface area contributed by atoms with Crippen molar-refractivity contribution >= 4 is 46.6 Å². The van der Waals surface area contributed by atoms with E-state index in [1.54, 1.807) is 29.2 Å². The molecule has 1 aliphatic carbocycles. The zero-order valence-electron chi connectivity index (χ0n) is 20.6. The van der Waals surface area contributed by atoms with Crippen LogP contribution in [0.4, 0.5) is 0 Å². The summed E-state index contributed by atoms with van der Waals surface area (Å²) in [6, 6.07) is 21.8. The Morgan fingerprint density at radius 2 is 1.54 bits per heavy atom. The van der Waals surface area contributed by atoms with Crippen LogP contribution in [0.25, 0.3) is 0 Å². The van der Waals surface area contributed by atoms with Crippen LogP contribution < -0.4 is 5.32 Å². The number of hydrogen-bond donors (Lipinski definition) is 1. The topological polar surface area (TPSA) is 49.4 Å². The van der Waals surface area contributed by atoms with Crippen LogP contribution >= 0.6 is 34.8 Å². The third-order valence-electron chi connectivity index (χ3n) is 6.80. The van der Waals surface area contributed by atoms with Crippen LogP contribution in [0.1, 0.15) is 48.8 Å². The van der Waals surface area contributed by atoms with Gasteiger partial charge < -0.3 is 10.2 Å². The predicted molar refractivity (Wildman–Crippen MR) is 151 cm³/mol. The van der Waals surface area contributed by atoms with E-state index in [4.69, 9.17) is 34.8 Å². The maximum atomic E-state index is 13.9. The highest BCUT2D eigenvalue weighted by Crippen LogP contribution is 2.25. The Labute approximate surface area is 233 Å². The number of nitrogens with zero attached hydrogens (tertiary/aromatic N) is 1. The predicted octanol–water partition coefficient (Wildman–Crippen LogP) is 7.28. The van der Waals surface area contributed by atoms with E-state index in [9.17, 15) is 9.59 Å². The standard InChI is InChI=1S/C30H31Cl3N2O2/c31-24-11-7-10-22(16-24)19-29(36)35(20-23-14-15-26(32)27(33)17-23)28(18-21-8-3-1-4-9-21)30(37)34-25-12-5-2-6-13-25/h1,3-4,7-11,14-17,25,28H,2,5-6,12-13,18-20H2,(H,34,37)/t28-/m0/s1. The summed E-state index contributed by atoms with van der Waals surface area (Å²) in [5.74, 6) is -0.289. The van der Waals surface area contributed by atoms with Crippen LogP contribution in [-0.4, -0.2) is 28.8 Å². The van der Waals surface area contributed by atoms with Crippen molar-refractivity contribution in [2.75, 3.05) is 0 Å². The lowest BCUT2D eigenvalue weighted by Crippen LogP contribution is -2.53. The van der Waals surface area contributed by atoms with Crippen LogP contribution in [0.3, 0.4) is 0 Å². The van der Waals surface area contributed by atoms with Gasteiger partial charge in [-0.3, -0.25) is 9.59 Å². The number of halogens is 3. The number of rotatable bonds is 9. The zero-order chi connectivity index (χ0) is 26.2. The molecule has 3 aromatic rings. The number of nitrogens with one attached hydrogen (secondary N) is 1. The summed E-state index contributed by atoms with van der Waals surface area (Å²) in [7, 11) is 0. The lowest BCUT2D eigenvalue weighted by Gasteiger charge is -2.33. The van der Waals surface area contributed by atoms with Gasteiger partial charge in [-0.15, -0.1) is 0 Å². The lowest BCUT2D eigenvalue weighted by atomic mass is 9.94. The molecule has 0 spiro atoms. The van der Waals surface area contributed by atoms with Gasteiger partial charge in [0.25, 0.3) is 0 Å². The molecule has 0 radical (unpaired) electrons. The SMILES string of the molecule is O=C(NC1CCCCC1)[C@H](Cc1ccccc1)N(Cc1ccc(Cl)c(Cl)c1)C(=O)Cc1cccc(Cl)c1. The van der Waals surface area contributed by atoms with Gasteiger partial charge >= 0.3 is 0 Å². The third-order valence-corrected chi connectivity index (χ3v) is 7.78. The molecule has 0 heterocycles. The van der Waals surface area contributed by atoms with E-state index in [1.807, 2.05) is 48.5 Å². The van der Waals surface area contributed by atoms with Gasteiger partial charge in [0.15, 0.2) is 0 Å². The average molecular weight is 558 g/mol. The van der Waals surface area contributed by atoms with Crippen LogP contribution in [0.15, 0.2) is 72.8 Å². The summed E-state index contributed by atoms with van der Waals surface area (Å²) in [5.41, 5.74) is 2.58. The van der Waals surface area contributed by atoms with Crippen molar-refractivity contribution in [1.29, 1.82) is 0 Å². The van der Waals surface area contributed by atoms with Gasteiger partial charge in [-0.2, -0.15) is 0 Å². The highest BCUT2D eigenvalue weighted by atomic mass is 35.5. The van der Waals surface area contributed by atoms with Gasteiger partial charge in [-0.1, -0.05) is 103 Å². The Bertz CT molecular complexity index is 1210. The smallest absolute Gasteiger partial charge is 0.243 e. The molecule has 3 aromatic carbocycles. The first-order valence-corrected chi connectivity index (χ1v) is 13.8. The molecule has 1 aliphatic rings. The summed E-state index contributed by atoms with van der Waals surface area (Å²) >= 11 is 18.6. The molecule has 0 aliphatic heterocycles.